The molecule has 1 N–H and O–H groups in total. The van der Waals surface area contributed by atoms with E-state index in [4.69, 9.17) is 4.74 Å². The van der Waals surface area contributed by atoms with Gasteiger partial charge in [-0.15, -0.1) is 0 Å². The number of carbonyl (C=O) groups excluding carboxylic acids is 2. The summed E-state index contributed by atoms with van der Waals surface area (Å²) in [4.78, 5) is 27.6. The van der Waals surface area contributed by atoms with Crippen molar-refractivity contribution in [2.45, 2.75) is 38.9 Å². The molecule has 3 aromatic rings. The molecule has 2 amide bonds. The number of nitrogens with zero attached hydrogens (tertiary/aromatic N) is 1. The summed E-state index contributed by atoms with van der Waals surface area (Å²) < 4.78 is 18.5. The van der Waals surface area contributed by atoms with Crippen molar-refractivity contribution in [2.75, 3.05) is 7.11 Å². The highest BCUT2D eigenvalue weighted by Crippen LogP contribution is 2.15. The van der Waals surface area contributed by atoms with Crippen molar-refractivity contribution < 1.29 is 18.7 Å². The molecule has 0 spiro atoms. The Morgan fingerprint density at radius 2 is 1.55 bits per heavy atom. The number of carbonyl (C=O) groups is 2. The van der Waals surface area contributed by atoms with E-state index in [1.165, 1.54) is 12.1 Å². The molecule has 0 bridgehead atoms. The second kappa shape index (κ2) is 11.8. The maximum Gasteiger partial charge on any atom is 0.242 e. The number of ether oxygens (including phenoxy) is 1. The number of methoxy groups -OCH3 is 1. The van der Waals surface area contributed by atoms with Crippen LogP contribution < -0.4 is 10.1 Å². The molecule has 0 aliphatic rings. The quantitative estimate of drug-likeness (QED) is 0.497. The summed E-state index contributed by atoms with van der Waals surface area (Å²) in [6, 6.07) is 22.5. The van der Waals surface area contributed by atoms with Crippen LogP contribution in [0.1, 0.15) is 30.0 Å². The first-order chi connectivity index (χ1) is 16.0. The minimum atomic E-state index is -0.684. The van der Waals surface area contributed by atoms with Gasteiger partial charge >= 0.3 is 0 Å². The van der Waals surface area contributed by atoms with Crippen LogP contribution in [0.25, 0.3) is 0 Å². The number of rotatable bonds is 10. The topological polar surface area (TPSA) is 58.6 Å². The number of hydrogen-bond donors (Lipinski definition) is 1. The minimum Gasteiger partial charge on any atom is -0.497 e. The van der Waals surface area contributed by atoms with Crippen molar-refractivity contribution in [1.29, 1.82) is 0 Å². The molecule has 0 radical (unpaired) electrons. The molecule has 3 rings (SSSR count). The fourth-order valence-corrected chi connectivity index (χ4v) is 3.49. The van der Waals surface area contributed by atoms with Gasteiger partial charge in [0.15, 0.2) is 0 Å². The third-order valence-electron chi connectivity index (χ3n) is 5.53. The molecule has 0 saturated heterocycles. The van der Waals surface area contributed by atoms with Gasteiger partial charge < -0.3 is 15.0 Å². The second-order valence-electron chi connectivity index (χ2n) is 7.88. The summed E-state index contributed by atoms with van der Waals surface area (Å²) in [5, 5.41) is 2.91. The summed E-state index contributed by atoms with van der Waals surface area (Å²) in [5.41, 5.74) is 2.75. The van der Waals surface area contributed by atoms with Crippen LogP contribution in [0, 0.1) is 5.82 Å². The molecule has 0 saturated carbocycles. The number of halogens is 1. The summed E-state index contributed by atoms with van der Waals surface area (Å²) in [6.07, 6.45) is 0.862. The van der Waals surface area contributed by atoms with E-state index < -0.39 is 6.04 Å². The van der Waals surface area contributed by atoms with Crippen molar-refractivity contribution in [3.05, 3.63) is 101 Å². The molecule has 1 atom stereocenters. The van der Waals surface area contributed by atoms with Crippen molar-refractivity contribution in [1.82, 2.24) is 10.2 Å². The molecule has 33 heavy (non-hydrogen) atoms. The molecule has 0 aromatic heterocycles. The van der Waals surface area contributed by atoms with E-state index >= 15 is 0 Å². The van der Waals surface area contributed by atoms with Crippen molar-refractivity contribution in [2.24, 2.45) is 0 Å². The van der Waals surface area contributed by atoms with Gasteiger partial charge in [0.05, 0.1) is 7.11 Å². The van der Waals surface area contributed by atoms with Gasteiger partial charge in [-0.05, 0) is 54.3 Å². The van der Waals surface area contributed by atoms with Gasteiger partial charge in [-0.2, -0.15) is 0 Å². The molecular weight excluding hydrogens is 419 g/mol. The standard InChI is InChI=1S/C27H29FN2O3/c1-20(27(32)29-18-22-10-15-25(33-2)16-11-22)30(19-23-8-13-24(28)14-9-23)26(31)17-12-21-6-4-3-5-7-21/h3-11,13-16,20H,12,17-19H2,1-2H3,(H,29,32)/t20-/m1/s1. The SMILES string of the molecule is COc1ccc(CNC(=O)[C@@H](C)N(Cc2ccc(F)cc2)C(=O)CCc2ccccc2)cc1. The van der Waals surface area contributed by atoms with Crippen LogP contribution in [-0.2, 0) is 29.1 Å². The number of aryl methyl sites for hydroxylation is 1. The minimum absolute atomic E-state index is 0.129. The monoisotopic (exact) mass is 448 g/mol. The molecular formula is C27H29FN2O3. The number of benzene rings is 3. The van der Waals surface area contributed by atoms with E-state index in [1.54, 1.807) is 31.1 Å². The smallest absolute Gasteiger partial charge is 0.242 e. The summed E-state index contributed by atoms with van der Waals surface area (Å²) in [7, 11) is 1.60. The normalized spacial score (nSPS) is 11.5. The Kier molecular flexibility index (Phi) is 8.58. The van der Waals surface area contributed by atoms with Crippen LogP contribution in [0.5, 0.6) is 5.75 Å². The highest BCUT2D eigenvalue weighted by atomic mass is 19.1. The van der Waals surface area contributed by atoms with Crippen LogP contribution in [0.4, 0.5) is 4.39 Å². The first-order valence-electron chi connectivity index (χ1n) is 10.9. The van der Waals surface area contributed by atoms with Crippen LogP contribution >= 0.6 is 0 Å². The van der Waals surface area contributed by atoms with Crippen LogP contribution in [-0.4, -0.2) is 29.9 Å². The van der Waals surface area contributed by atoms with Crippen LogP contribution in [0.2, 0.25) is 0 Å². The fourth-order valence-electron chi connectivity index (χ4n) is 3.49. The van der Waals surface area contributed by atoms with Gasteiger partial charge in [0.25, 0.3) is 0 Å². The first kappa shape index (κ1) is 24.0. The Bertz CT molecular complexity index is 1040. The lowest BCUT2D eigenvalue weighted by atomic mass is 10.1. The lowest BCUT2D eigenvalue weighted by Gasteiger charge is -2.29. The Balaban J connectivity index is 1.67. The van der Waals surface area contributed by atoms with E-state index in [1.807, 2.05) is 54.6 Å². The molecule has 0 aliphatic carbocycles. The van der Waals surface area contributed by atoms with E-state index in [9.17, 15) is 14.0 Å². The van der Waals surface area contributed by atoms with Gasteiger partial charge in [-0.25, -0.2) is 4.39 Å². The molecule has 0 heterocycles. The highest BCUT2D eigenvalue weighted by Gasteiger charge is 2.25. The van der Waals surface area contributed by atoms with Gasteiger partial charge in [-0.3, -0.25) is 9.59 Å². The Hall–Kier alpha value is -3.67. The zero-order valence-corrected chi connectivity index (χ0v) is 19.0. The lowest BCUT2D eigenvalue weighted by molar-refractivity contribution is -0.140. The average molecular weight is 449 g/mol. The molecule has 0 fully saturated rings. The van der Waals surface area contributed by atoms with Crippen LogP contribution in [0.15, 0.2) is 78.9 Å². The van der Waals surface area contributed by atoms with Gasteiger partial charge in [0, 0.05) is 19.5 Å². The molecule has 5 nitrogen and oxygen atoms in total. The van der Waals surface area contributed by atoms with Crippen LogP contribution in [0.3, 0.4) is 0 Å². The third kappa shape index (κ3) is 7.17. The lowest BCUT2D eigenvalue weighted by Crippen LogP contribution is -2.47. The van der Waals surface area contributed by atoms with Gasteiger partial charge in [0.2, 0.25) is 11.8 Å². The Morgan fingerprint density at radius 3 is 2.18 bits per heavy atom. The number of amides is 2. The van der Waals surface area contributed by atoms with Gasteiger partial charge in [0.1, 0.15) is 17.6 Å². The maximum absolute atomic E-state index is 13.3. The van der Waals surface area contributed by atoms with Crippen molar-refractivity contribution >= 4 is 11.8 Å². The average Bonchev–Trinajstić information content (AvgIpc) is 2.86. The van der Waals surface area contributed by atoms with E-state index in [0.717, 1.165) is 22.4 Å². The molecule has 0 aliphatic heterocycles. The number of nitrogens with one attached hydrogen (secondary N) is 1. The van der Waals surface area contributed by atoms with E-state index in [-0.39, 0.29) is 30.6 Å². The predicted molar refractivity (Wildman–Crippen MR) is 126 cm³/mol. The second-order valence-corrected chi connectivity index (χ2v) is 7.88. The Morgan fingerprint density at radius 1 is 0.909 bits per heavy atom. The largest absolute Gasteiger partial charge is 0.497 e. The highest BCUT2D eigenvalue weighted by molar-refractivity contribution is 5.87. The maximum atomic E-state index is 13.3. The number of hydrogen-bond acceptors (Lipinski definition) is 3. The van der Waals surface area contributed by atoms with E-state index in [2.05, 4.69) is 5.32 Å². The van der Waals surface area contributed by atoms with Gasteiger partial charge in [-0.1, -0.05) is 54.6 Å². The van der Waals surface area contributed by atoms with Crippen molar-refractivity contribution in [3.8, 4) is 5.75 Å². The molecule has 0 unspecified atom stereocenters. The fraction of sp³-hybridized carbons (Fsp3) is 0.259. The Labute approximate surface area is 194 Å². The zero-order valence-electron chi connectivity index (χ0n) is 19.0. The first-order valence-corrected chi connectivity index (χ1v) is 10.9. The summed E-state index contributed by atoms with van der Waals surface area (Å²) in [5.74, 6) is 0.0233. The van der Waals surface area contributed by atoms with E-state index in [0.29, 0.717) is 13.0 Å². The molecule has 172 valence electrons. The predicted octanol–water partition coefficient (Wildman–Crippen LogP) is 4.50. The molecule has 6 heteroatoms. The summed E-state index contributed by atoms with van der Waals surface area (Å²) in [6.45, 7) is 2.29. The third-order valence-corrected chi connectivity index (χ3v) is 5.53. The van der Waals surface area contributed by atoms with Crippen molar-refractivity contribution in [3.63, 3.8) is 0 Å². The summed E-state index contributed by atoms with van der Waals surface area (Å²) >= 11 is 0. The molecule has 3 aromatic carbocycles. The zero-order chi connectivity index (χ0) is 23.6.